The summed E-state index contributed by atoms with van der Waals surface area (Å²) in [5, 5.41) is 0. The van der Waals surface area contributed by atoms with Crippen molar-refractivity contribution in [2.45, 2.75) is 6.92 Å². The first-order valence-electron chi connectivity index (χ1n) is 7.12. The first-order valence-corrected chi connectivity index (χ1v) is 7.12. The van der Waals surface area contributed by atoms with Crippen LogP contribution in [0.15, 0.2) is 24.3 Å². The fraction of sp³-hybridized carbons (Fsp3) is 0.500. The van der Waals surface area contributed by atoms with Crippen LogP contribution in [0.25, 0.3) is 0 Å². The molecule has 0 N–H and O–H groups in total. The number of rotatable bonds is 7. The maximum atomic E-state index is 13.3. The highest BCUT2D eigenvalue weighted by atomic mass is 19.1. The molecule has 5 nitrogen and oxygen atoms in total. The molecule has 6 heteroatoms. The zero-order valence-corrected chi connectivity index (χ0v) is 13.5. The second kappa shape index (κ2) is 8.48. The zero-order chi connectivity index (χ0) is 16.7. The first-order chi connectivity index (χ1) is 10.3. The lowest BCUT2D eigenvalue weighted by Gasteiger charge is -2.26. The number of carbonyl (C=O) groups excluding carboxylic acids is 2. The van der Waals surface area contributed by atoms with Gasteiger partial charge in [-0.2, -0.15) is 0 Å². The molecule has 0 bridgehead atoms. The number of hydrogen-bond acceptors (Lipinski definition) is 4. The predicted octanol–water partition coefficient (Wildman–Crippen LogP) is 1.64. The van der Waals surface area contributed by atoms with Crippen molar-refractivity contribution in [3.05, 3.63) is 35.6 Å². The predicted molar refractivity (Wildman–Crippen MR) is 82.0 cm³/mol. The van der Waals surface area contributed by atoms with E-state index < -0.39 is 11.7 Å². The number of nitrogens with zero attached hydrogens (tertiary/aromatic N) is 2. The Morgan fingerprint density at radius 3 is 2.50 bits per heavy atom. The van der Waals surface area contributed by atoms with E-state index in [1.807, 2.05) is 19.0 Å². The van der Waals surface area contributed by atoms with Crippen LogP contribution in [0.3, 0.4) is 0 Å². The van der Waals surface area contributed by atoms with E-state index >= 15 is 0 Å². The van der Waals surface area contributed by atoms with Gasteiger partial charge in [0.25, 0.3) is 5.91 Å². The van der Waals surface area contributed by atoms with E-state index in [0.717, 1.165) is 0 Å². The SMILES string of the molecule is COC(=O)C(C)CN(CCN(C)C)C(=O)c1cccc(F)c1. The van der Waals surface area contributed by atoms with Gasteiger partial charge in [0.15, 0.2) is 0 Å². The molecule has 0 heterocycles. The smallest absolute Gasteiger partial charge is 0.310 e. The monoisotopic (exact) mass is 310 g/mol. The topological polar surface area (TPSA) is 49.9 Å². The summed E-state index contributed by atoms with van der Waals surface area (Å²) < 4.78 is 18.0. The van der Waals surface area contributed by atoms with E-state index in [-0.39, 0.29) is 24.0 Å². The van der Waals surface area contributed by atoms with E-state index in [4.69, 9.17) is 4.74 Å². The minimum Gasteiger partial charge on any atom is -0.469 e. The number of hydrogen-bond donors (Lipinski definition) is 0. The van der Waals surface area contributed by atoms with Gasteiger partial charge in [-0.05, 0) is 32.3 Å². The van der Waals surface area contributed by atoms with E-state index in [9.17, 15) is 14.0 Å². The number of esters is 1. The van der Waals surface area contributed by atoms with Gasteiger partial charge in [0.2, 0.25) is 0 Å². The Morgan fingerprint density at radius 2 is 1.95 bits per heavy atom. The first kappa shape index (κ1) is 18.1. The molecule has 0 fully saturated rings. The molecule has 1 aromatic carbocycles. The van der Waals surface area contributed by atoms with Crippen LogP contribution >= 0.6 is 0 Å². The maximum Gasteiger partial charge on any atom is 0.310 e. The van der Waals surface area contributed by atoms with Crippen LogP contribution in [-0.2, 0) is 9.53 Å². The van der Waals surface area contributed by atoms with Crippen molar-refractivity contribution in [3.63, 3.8) is 0 Å². The molecular weight excluding hydrogens is 287 g/mol. The molecule has 122 valence electrons. The van der Waals surface area contributed by atoms with Crippen LogP contribution in [0.5, 0.6) is 0 Å². The number of halogens is 1. The molecule has 0 radical (unpaired) electrons. The van der Waals surface area contributed by atoms with Crippen LogP contribution in [-0.4, -0.2) is 62.5 Å². The minimum atomic E-state index is -0.459. The molecule has 22 heavy (non-hydrogen) atoms. The van der Waals surface area contributed by atoms with Crippen molar-refractivity contribution < 1.29 is 18.7 Å². The van der Waals surface area contributed by atoms with Gasteiger partial charge in [-0.1, -0.05) is 13.0 Å². The summed E-state index contributed by atoms with van der Waals surface area (Å²) in [6.07, 6.45) is 0. The van der Waals surface area contributed by atoms with Crippen LogP contribution in [0, 0.1) is 11.7 Å². The average molecular weight is 310 g/mol. The number of methoxy groups -OCH3 is 1. The van der Waals surface area contributed by atoms with E-state index in [2.05, 4.69) is 0 Å². The molecule has 1 rings (SSSR count). The molecule has 0 spiro atoms. The van der Waals surface area contributed by atoms with E-state index in [1.54, 1.807) is 17.9 Å². The van der Waals surface area contributed by atoms with Gasteiger partial charge in [0.05, 0.1) is 13.0 Å². The van der Waals surface area contributed by atoms with Crippen molar-refractivity contribution in [2.75, 3.05) is 40.8 Å². The van der Waals surface area contributed by atoms with Crippen molar-refractivity contribution in [3.8, 4) is 0 Å². The van der Waals surface area contributed by atoms with E-state index in [0.29, 0.717) is 13.1 Å². The Bertz CT molecular complexity index is 520. The fourth-order valence-electron chi connectivity index (χ4n) is 2.01. The quantitative estimate of drug-likeness (QED) is 0.719. The Balaban J connectivity index is 2.88. The van der Waals surface area contributed by atoms with Gasteiger partial charge >= 0.3 is 5.97 Å². The second-order valence-corrected chi connectivity index (χ2v) is 5.49. The van der Waals surface area contributed by atoms with Crippen LogP contribution < -0.4 is 0 Å². The zero-order valence-electron chi connectivity index (χ0n) is 13.5. The van der Waals surface area contributed by atoms with Gasteiger partial charge in [-0.15, -0.1) is 0 Å². The molecule has 0 saturated heterocycles. The van der Waals surface area contributed by atoms with Gasteiger partial charge < -0.3 is 14.5 Å². The third-order valence-corrected chi connectivity index (χ3v) is 3.27. The normalized spacial score (nSPS) is 12.1. The highest BCUT2D eigenvalue weighted by Gasteiger charge is 2.22. The molecule has 1 unspecified atom stereocenters. The Morgan fingerprint density at radius 1 is 1.27 bits per heavy atom. The van der Waals surface area contributed by atoms with Crippen LogP contribution in [0.2, 0.25) is 0 Å². The van der Waals surface area contributed by atoms with Crippen LogP contribution in [0.4, 0.5) is 4.39 Å². The summed E-state index contributed by atoms with van der Waals surface area (Å²) >= 11 is 0. The number of likely N-dealkylation sites (N-methyl/N-ethyl adjacent to an activating group) is 1. The number of benzene rings is 1. The van der Waals surface area contributed by atoms with Crippen molar-refractivity contribution in [2.24, 2.45) is 5.92 Å². The molecule has 0 aliphatic rings. The Kier molecular flexibility index (Phi) is 6.98. The summed E-state index contributed by atoms with van der Waals surface area (Å²) in [7, 11) is 5.11. The lowest BCUT2D eigenvalue weighted by Crippen LogP contribution is -2.41. The Hall–Kier alpha value is -1.95. The highest BCUT2D eigenvalue weighted by Crippen LogP contribution is 2.10. The lowest BCUT2D eigenvalue weighted by atomic mass is 10.1. The number of ether oxygens (including phenoxy) is 1. The summed E-state index contributed by atoms with van der Waals surface area (Å²) in [5.41, 5.74) is 0.274. The second-order valence-electron chi connectivity index (χ2n) is 5.49. The molecule has 0 aliphatic carbocycles. The van der Waals surface area contributed by atoms with Gasteiger partial charge in [-0.3, -0.25) is 9.59 Å². The fourth-order valence-corrected chi connectivity index (χ4v) is 2.01. The molecule has 1 amide bonds. The highest BCUT2D eigenvalue weighted by molar-refractivity contribution is 5.94. The third kappa shape index (κ3) is 5.44. The minimum absolute atomic E-state index is 0.232. The molecular formula is C16H23FN2O3. The van der Waals surface area contributed by atoms with Gasteiger partial charge in [0, 0.05) is 25.2 Å². The largest absolute Gasteiger partial charge is 0.469 e. The van der Waals surface area contributed by atoms with Gasteiger partial charge in [-0.25, -0.2) is 4.39 Å². The summed E-state index contributed by atoms with van der Waals surface area (Å²) in [6, 6.07) is 5.55. The molecule has 0 aromatic heterocycles. The van der Waals surface area contributed by atoms with Crippen molar-refractivity contribution in [1.82, 2.24) is 9.80 Å². The van der Waals surface area contributed by atoms with Crippen LogP contribution in [0.1, 0.15) is 17.3 Å². The maximum absolute atomic E-state index is 13.3. The molecule has 1 aromatic rings. The third-order valence-electron chi connectivity index (χ3n) is 3.27. The standard InChI is InChI=1S/C16H23FN2O3/c1-12(16(21)22-4)11-19(9-8-18(2)3)15(20)13-6-5-7-14(17)10-13/h5-7,10,12H,8-9,11H2,1-4H3. The molecule has 0 saturated carbocycles. The lowest BCUT2D eigenvalue weighted by molar-refractivity contribution is -0.145. The van der Waals surface area contributed by atoms with Crippen molar-refractivity contribution >= 4 is 11.9 Å². The Labute approximate surface area is 130 Å². The summed E-state index contributed by atoms with van der Waals surface area (Å²) in [5.74, 6) is -1.57. The average Bonchev–Trinajstić information content (AvgIpc) is 2.49. The number of amides is 1. The molecule has 0 aliphatic heterocycles. The van der Waals surface area contributed by atoms with Gasteiger partial charge in [0.1, 0.15) is 5.82 Å². The molecule has 1 atom stereocenters. The summed E-state index contributed by atoms with van der Waals surface area (Å²) in [6.45, 7) is 3.03. The summed E-state index contributed by atoms with van der Waals surface area (Å²) in [4.78, 5) is 27.6. The number of carbonyl (C=O) groups is 2. The van der Waals surface area contributed by atoms with E-state index in [1.165, 1.54) is 25.3 Å². The van der Waals surface area contributed by atoms with Crippen molar-refractivity contribution in [1.29, 1.82) is 0 Å².